The number of ketones is 1. The predicted octanol–water partition coefficient (Wildman–Crippen LogP) is 4.43. The number of halogens is 3. The van der Waals surface area contributed by atoms with Gasteiger partial charge < -0.3 is 5.11 Å². The van der Waals surface area contributed by atoms with Gasteiger partial charge in [0.1, 0.15) is 23.2 Å². The SMILES string of the molecule is Cc1cc(/C(O)=C2\C(=O)C(=O)N(c3ccc(F)cc3F)C2c2ccncc2)ccc1F. The van der Waals surface area contributed by atoms with Gasteiger partial charge in [0.25, 0.3) is 11.7 Å². The van der Waals surface area contributed by atoms with Gasteiger partial charge in [-0.2, -0.15) is 0 Å². The van der Waals surface area contributed by atoms with Crippen molar-refractivity contribution in [2.45, 2.75) is 13.0 Å². The lowest BCUT2D eigenvalue weighted by molar-refractivity contribution is -0.132. The minimum Gasteiger partial charge on any atom is -0.507 e. The van der Waals surface area contributed by atoms with Crippen LogP contribution in [-0.4, -0.2) is 21.8 Å². The largest absolute Gasteiger partial charge is 0.507 e. The number of amides is 1. The first-order valence-corrected chi connectivity index (χ1v) is 9.22. The van der Waals surface area contributed by atoms with Gasteiger partial charge in [0.15, 0.2) is 0 Å². The first kappa shape index (κ1) is 20.3. The predicted molar refractivity (Wildman–Crippen MR) is 107 cm³/mol. The molecule has 5 nitrogen and oxygen atoms in total. The summed E-state index contributed by atoms with van der Waals surface area (Å²) in [6.45, 7) is 1.49. The summed E-state index contributed by atoms with van der Waals surface area (Å²) in [4.78, 5) is 30.6. The number of carbonyl (C=O) groups excluding carboxylic acids is 2. The highest BCUT2D eigenvalue weighted by molar-refractivity contribution is 6.51. The number of aliphatic hydroxyl groups excluding tert-OH is 1. The maximum absolute atomic E-state index is 14.6. The van der Waals surface area contributed by atoms with Crippen LogP contribution in [0.5, 0.6) is 0 Å². The van der Waals surface area contributed by atoms with Crippen molar-refractivity contribution in [3.05, 3.63) is 101 Å². The Morgan fingerprint density at radius 1 is 0.968 bits per heavy atom. The number of rotatable bonds is 3. The van der Waals surface area contributed by atoms with Gasteiger partial charge in [-0.25, -0.2) is 13.2 Å². The Morgan fingerprint density at radius 3 is 2.32 bits per heavy atom. The molecular weight excluding hydrogens is 409 g/mol. The number of benzene rings is 2. The zero-order valence-electron chi connectivity index (χ0n) is 16.1. The van der Waals surface area contributed by atoms with Crippen LogP contribution >= 0.6 is 0 Å². The van der Waals surface area contributed by atoms with E-state index in [0.717, 1.165) is 23.1 Å². The van der Waals surface area contributed by atoms with Crippen LogP contribution in [0, 0.1) is 24.4 Å². The molecule has 1 atom stereocenters. The first-order valence-electron chi connectivity index (χ1n) is 9.22. The molecule has 4 rings (SSSR count). The lowest BCUT2D eigenvalue weighted by Gasteiger charge is -2.25. The second kappa shape index (κ2) is 7.71. The van der Waals surface area contributed by atoms with Gasteiger partial charge in [0.2, 0.25) is 0 Å². The summed E-state index contributed by atoms with van der Waals surface area (Å²) < 4.78 is 41.7. The Kier molecular flexibility index (Phi) is 5.06. The van der Waals surface area contributed by atoms with Crippen molar-refractivity contribution in [3.63, 3.8) is 0 Å². The molecule has 0 spiro atoms. The number of hydrogen-bond donors (Lipinski definition) is 1. The van der Waals surface area contributed by atoms with Crippen molar-refractivity contribution in [2.75, 3.05) is 4.90 Å². The van der Waals surface area contributed by atoms with Crippen LogP contribution in [0.25, 0.3) is 5.76 Å². The normalized spacial score (nSPS) is 17.9. The summed E-state index contributed by atoms with van der Waals surface area (Å²) in [7, 11) is 0. The summed E-state index contributed by atoms with van der Waals surface area (Å²) in [5.41, 5.74) is 0.0998. The van der Waals surface area contributed by atoms with Crippen molar-refractivity contribution < 1.29 is 27.9 Å². The topological polar surface area (TPSA) is 70.5 Å². The van der Waals surface area contributed by atoms with Gasteiger partial charge in [-0.05, 0) is 60.5 Å². The van der Waals surface area contributed by atoms with Crippen LogP contribution in [0.1, 0.15) is 22.7 Å². The van der Waals surface area contributed by atoms with Crippen molar-refractivity contribution in [1.29, 1.82) is 0 Å². The molecule has 1 aliphatic rings. The van der Waals surface area contributed by atoms with Gasteiger partial charge in [-0.15, -0.1) is 0 Å². The monoisotopic (exact) mass is 424 g/mol. The molecular formula is C23H15F3N2O3. The molecule has 1 saturated heterocycles. The molecule has 156 valence electrons. The van der Waals surface area contributed by atoms with Crippen molar-refractivity contribution >= 4 is 23.1 Å². The van der Waals surface area contributed by atoms with Gasteiger partial charge in [0.05, 0.1) is 17.3 Å². The average molecular weight is 424 g/mol. The molecule has 31 heavy (non-hydrogen) atoms. The zero-order chi connectivity index (χ0) is 22.3. The third kappa shape index (κ3) is 3.46. The van der Waals surface area contributed by atoms with E-state index >= 15 is 0 Å². The Bertz CT molecular complexity index is 1240. The van der Waals surface area contributed by atoms with E-state index in [4.69, 9.17) is 0 Å². The number of aliphatic hydroxyl groups is 1. The van der Waals surface area contributed by atoms with Crippen LogP contribution in [0.4, 0.5) is 18.9 Å². The van der Waals surface area contributed by atoms with E-state index in [2.05, 4.69) is 4.98 Å². The molecule has 1 aromatic heterocycles. The lowest BCUT2D eigenvalue weighted by atomic mass is 9.95. The van der Waals surface area contributed by atoms with Crippen LogP contribution in [0.2, 0.25) is 0 Å². The molecule has 2 heterocycles. The zero-order valence-corrected chi connectivity index (χ0v) is 16.1. The lowest BCUT2D eigenvalue weighted by Crippen LogP contribution is -2.30. The number of nitrogens with zero attached hydrogens (tertiary/aromatic N) is 2. The summed E-state index contributed by atoms with van der Waals surface area (Å²) in [6.07, 6.45) is 2.83. The Labute approximate surface area is 175 Å². The summed E-state index contributed by atoms with van der Waals surface area (Å²) in [5.74, 6) is -5.07. The highest BCUT2D eigenvalue weighted by Gasteiger charge is 2.47. The quantitative estimate of drug-likeness (QED) is 0.384. The third-order valence-corrected chi connectivity index (χ3v) is 5.07. The van der Waals surface area contributed by atoms with Gasteiger partial charge in [-0.3, -0.25) is 19.5 Å². The van der Waals surface area contributed by atoms with Gasteiger partial charge in [0, 0.05) is 24.0 Å². The number of carbonyl (C=O) groups is 2. The highest BCUT2D eigenvalue weighted by Crippen LogP contribution is 2.42. The van der Waals surface area contributed by atoms with Crippen LogP contribution in [0.15, 0.2) is 66.5 Å². The molecule has 1 fully saturated rings. The standard InChI is InChI=1S/C23H15F3N2O3/c1-12-10-14(2-4-16(12)25)21(29)19-20(13-6-8-27-9-7-13)28(23(31)22(19)30)18-5-3-15(24)11-17(18)26/h2-11,20,29H,1H3/b21-19+. The van der Waals surface area contributed by atoms with E-state index in [1.165, 1.54) is 43.6 Å². The summed E-state index contributed by atoms with van der Waals surface area (Å²) in [6, 6.07) is 8.16. The Hall–Kier alpha value is -3.94. The second-order valence-electron chi connectivity index (χ2n) is 7.01. The Balaban J connectivity index is 1.97. The maximum atomic E-state index is 14.6. The van der Waals surface area contributed by atoms with E-state index in [9.17, 15) is 27.9 Å². The molecule has 0 bridgehead atoms. The van der Waals surface area contributed by atoms with Crippen molar-refractivity contribution in [3.8, 4) is 0 Å². The molecule has 1 unspecified atom stereocenters. The smallest absolute Gasteiger partial charge is 0.300 e. The van der Waals surface area contributed by atoms with E-state index < -0.39 is 40.9 Å². The van der Waals surface area contributed by atoms with E-state index in [1.807, 2.05) is 0 Å². The minimum absolute atomic E-state index is 0.121. The maximum Gasteiger partial charge on any atom is 0.300 e. The number of anilines is 1. The van der Waals surface area contributed by atoms with Crippen LogP contribution in [0.3, 0.4) is 0 Å². The van der Waals surface area contributed by atoms with E-state index in [0.29, 0.717) is 11.6 Å². The number of Topliss-reactive ketones (excluding diaryl/α,β-unsaturated/α-hetero) is 1. The average Bonchev–Trinajstić information content (AvgIpc) is 3.01. The molecule has 0 aliphatic carbocycles. The molecule has 8 heteroatoms. The fourth-order valence-corrected chi connectivity index (χ4v) is 3.57. The van der Waals surface area contributed by atoms with Gasteiger partial charge in [-0.1, -0.05) is 0 Å². The van der Waals surface area contributed by atoms with E-state index in [1.54, 1.807) is 0 Å². The molecule has 0 radical (unpaired) electrons. The number of aryl methyl sites for hydroxylation is 1. The molecule has 2 aromatic carbocycles. The minimum atomic E-state index is -1.20. The molecule has 3 aromatic rings. The summed E-state index contributed by atoms with van der Waals surface area (Å²) in [5, 5.41) is 10.9. The molecule has 1 aliphatic heterocycles. The van der Waals surface area contributed by atoms with Gasteiger partial charge >= 0.3 is 0 Å². The molecule has 0 saturated carbocycles. The third-order valence-electron chi connectivity index (χ3n) is 5.07. The fourth-order valence-electron chi connectivity index (χ4n) is 3.57. The van der Waals surface area contributed by atoms with Crippen molar-refractivity contribution in [2.24, 2.45) is 0 Å². The van der Waals surface area contributed by atoms with Crippen molar-refractivity contribution in [1.82, 2.24) is 4.98 Å². The second-order valence-corrected chi connectivity index (χ2v) is 7.01. The highest BCUT2D eigenvalue weighted by atomic mass is 19.1. The molecule has 1 amide bonds. The number of aromatic nitrogens is 1. The number of hydrogen-bond acceptors (Lipinski definition) is 4. The molecule has 1 N–H and O–H groups in total. The van der Waals surface area contributed by atoms with Crippen LogP contribution < -0.4 is 4.90 Å². The fraction of sp³-hybridized carbons (Fsp3) is 0.0870. The Morgan fingerprint density at radius 2 is 1.68 bits per heavy atom. The summed E-state index contributed by atoms with van der Waals surface area (Å²) >= 11 is 0. The van der Waals surface area contributed by atoms with Crippen LogP contribution in [-0.2, 0) is 9.59 Å². The number of pyridine rings is 1. The van der Waals surface area contributed by atoms with E-state index in [-0.39, 0.29) is 22.4 Å². The first-order chi connectivity index (χ1) is 14.8.